The van der Waals surface area contributed by atoms with E-state index in [1.807, 2.05) is 0 Å². The zero-order valence-corrected chi connectivity index (χ0v) is 14.5. The minimum absolute atomic E-state index is 0.0359. The number of nitrogens with zero attached hydrogens (tertiary/aromatic N) is 1. The molecule has 1 aromatic carbocycles. The van der Waals surface area contributed by atoms with Crippen LogP contribution in [0.5, 0.6) is 11.5 Å². The molecule has 3 rings (SSSR count). The van der Waals surface area contributed by atoms with Crippen LogP contribution in [0.4, 0.5) is 13.2 Å². The normalized spacial score (nSPS) is 14.3. The number of hydrogen-bond donors (Lipinski definition) is 1. The van der Waals surface area contributed by atoms with E-state index in [0.717, 1.165) is 6.07 Å². The van der Waals surface area contributed by atoms with E-state index in [9.17, 15) is 27.9 Å². The van der Waals surface area contributed by atoms with Crippen molar-refractivity contribution < 1.29 is 37.3 Å². The first-order valence-corrected chi connectivity index (χ1v) is 8.01. The summed E-state index contributed by atoms with van der Waals surface area (Å²) in [6, 6.07) is 5.16. The van der Waals surface area contributed by atoms with Gasteiger partial charge in [0.2, 0.25) is 6.79 Å². The summed E-state index contributed by atoms with van der Waals surface area (Å²) in [5.41, 5.74) is 0.438. The van der Waals surface area contributed by atoms with Crippen molar-refractivity contribution in [3.8, 4) is 11.5 Å². The molecule has 0 amide bonds. The number of carbonyl (C=O) groups excluding carboxylic acids is 1. The third-order valence-electron chi connectivity index (χ3n) is 4.45. The number of ether oxygens (including phenoxy) is 2. The number of fused-ring (bicyclic) bond motifs is 1. The number of rotatable bonds is 5. The van der Waals surface area contributed by atoms with Gasteiger partial charge in [-0.3, -0.25) is 9.59 Å². The Morgan fingerprint density at radius 2 is 1.85 bits per heavy atom. The van der Waals surface area contributed by atoms with Gasteiger partial charge in [-0.25, -0.2) is 0 Å². The Labute approximate surface area is 152 Å². The maximum absolute atomic E-state index is 12.9. The van der Waals surface area contributed by atoms with E-state index in [-0.39, 0.29) is 18.9 Å². The van der Waals surface area contributed by atoms with Gasteiger partial charge in [-0.2, -0.15) is 13.2 Å². The summed E-state index contributed by atoms with van der Waals surface area (Å²) in [4.78, 5) is 23.1. The van der Waals surface area contributed by atoms with E-state index in [1.165, 1.54) is 18.4 Å². The molecule has 27 heavy (non-hydrogen) atoms. The van der Waals surface area contributed by atoms with Crippen molar-refractivity contribution in [3.05, 3.63) is 46.8 Å². The van der Waals surface area contributed by atoms with Gasteiger partial charge >= 0.3 is 12.1 Å². The van der Waals surface area contributed by atoms with E-state index in [1.54, 1.807) is 18.2 Å². The highest BCUT2D eigenvalue weighted by Crippen LogP contribution is 2.37. The highest BCUT2D eigenvalue weighted by molar-refractivity contribution is 6.01. The first-order chi connectivity index (χ1) is 12.6. The molecule has 0 unspecified atom stereocenters. The fourth-order valence-electron chi connectivity index (χ4n) is 3.28. The molecule has 0 bridgehead atoms. The number of carbonyl (C=O) groups is 2. The molecule has 0 saturated carbocycles. The Kier molecular flexibility index (Phi) is 4.63. The lowest BCUT2D eigenvalue weighted by molar-refractivity contribution is -0.137. The number of halogens is 3. The van der Waals surface area contributed by atoms with Crippen molar-refractivity contribution in [3.63, 3.8) is 0 Å². The monoisotopic (exact) mass is 383 g/mol. The largest absolute Gasteiger partial charge is 0.481 e. The molecule has 1 N–H and O–H groups in total. The molecule has 2 heterocycles. The molecule has 0 saturated heterocycles. The van der Waals surface area contributed by atoms with Crippen molar-refractivity contribution >= 4 is 11.8 Å². The van der Waals surface area contributed by atoms with Crippen molar-refractivity contribution in [2.45, 2.75) is 32.5 Å². The van der Waals surface area contributed by atoms with Gasteiger partial charge in [0.25, 0.3) is 5.78 Å². The molecule has 1 atom stereocenters. The molecule has 1 aliphatic heterocycles. The Balaban J connectivity index is 2.10. The Morgan fingerprint density at radius 1 is 1.19 bits per heavy atom. The van der Waals surface area contributed by atoms with Crippen molar-refractivity contribution in [1.82, 2.24) is 4.57 Å². The number of hydrogen-bond acceptors (Lipinski definition) is 4. The second-order valence-electron chi connectivity index (χ2n) is 6.21. The summed E-state index contributed by atoms with van der Waals surface area (Å²) in [5.74, 6) is -2.16. The molecule has 0 aliphatic carbocycles. The number of carboxylic acids is 1. The Hall–Kier alpha value is -2.97. The van der Waals surface area contributed by atoms with Gasteiger partial charge in [0.05, 0.1) is 12.5 Å². The van der Waals surface area contributed by atoms with Crippen LogP contribution in [0.3, 0.4) is 0 Å². The van der Waals surface area contributed by atoms with Gasteiger partial charge in [-0.15, -0.1) is 0 Å². The molecule has 1 aliphatic rings. The van der Waals surface area contributed by atoms with Crippen LogP contribution in [0.15, 0.2) is 24.3 Å². The molecular weight excluding hydrogens is 367 g/mol. The van der Waals surface area contributed by atoms with Gasteiger partial charge in [-0.05, 0) is 37.6 Å². The molecule has 2 aromatic rings. The SMILES string of the molecule is Cc1cc(C(=O)C(F)(F)F)c(C)n1[C@H](CC(=O)O)c1ccc2c(c1)OCO2. The molecule has 9 heteroatoms. The van der Waals surface area contributed by atoms with Gasteiger partial charge in [-0.1, -0.05) is 6.07 Å². The van der Waals surface area contributed by atoms with E-state index in [2.05, 4.69) is 0 Å². The summed E-state index contributed by atoms with van der Waals surface area (Å²) < 4.78 is 50.5. The fourth-order valence-corrected chi connectivity index (χ4v) is 3.28. The van der Waals surface area contributed by atoms with Crippen LogP contribution in [0, 0.1) is 13.8 Å². The Bertz CT molecular complexity index is 916. The molecular formula is C18H16F3NO5. The van der Waals surface area contributed by atoms with Gasteiger partial charge in [0.1, 0.15) is 0 Å². The van der Waals surface area contributed by atoms with E-state index in [4.69, 9.17) is 9.47 Å². The summed E-state index contributed by atoms with van der Waals surface area (Å²) in [5, 5.41) is 9.31. The molecule has 0 radical (unpaired) electrons. The highest BCUT2D eigenvalue weighted by Gasteiger charge is 2.41. The maximum Gasteiger partial charge on any atom is 0.454 e. The molecule has 144 valence electrons. The highest BCUT2D eigenvalue weighted by atomic mass is 19.4. The van der Waals surface area contributed by atoms with E-state index < -0.39 is 29.5 Å². The summed E-state index contributed by atoms with van der Waals surface area (Å²) >= 11 is 0. The average molecular weight is 383 g/mol. The standard InChI is InChI=1S/C18H16F3NO5/c1-9-5-12(17(25)18(19,20)21)10(2)22(9)13(7-16(23)24)11-3-4-14-15(6-11)27-8-26-14/h3-6,13H,7-8H2,1-2H3,(H,23,24)/t13-/m1/s1. The number of aryl methyl sites for hydroxylation is 1. The second-order valence-corrected chi connectivity index (χ2v) is 6.21. The number of aliphatic carboxylic acids is 1. The minimum atomic E-state index is -5.01. The van der Waals surface area contributed by atoms with Gasteiger partial charge < -0.3 is 19.1 Å². The van der Waals surface area contributed by atoms with Crippen molar-refractivity contribution in [2.24, 2.45) is 0 Å². The first-order valence-electron chi connectivity index (χ1n) is 8.01. The molecule has 6 nitrogen and oxygen atoms in total. The number of benzene rings is 1. The fraction of sp³-hybridized carbons (Fsp3) is 0.333. The number of Topliss-reactive ketones (excluding diaryl/α,β-unsaturated/α-hetero) is 1. The van der Waals surface area contributed by atoms with Crippen LogP contribution >= 0.6 is 0 Å². The summed E-state index contributed by atoms with van der Waals surface area (Å²) in [6.07, 6.45) is -5.39. The van der Waals surface area contributed by atoms with Crippen molar-refractivity contribution in [2.75, 3.05) is 6.79 Å². The van der Waals surface area contributed by atoms with Gasteiger partial charge in [0.15, 0.2) is 11.5 Å². The lowest BCUT2D eigenvalue weighted by Gasteiger charge is -2.22. The van der Waals surface area contributed by atoms with Crippen LogP contribution in [0.25, 0.3) is 0 Å². The lowest BCUT2D eigenvalue weighted by Crippen LogP contribution is -2.24. The smallest absolute Gasteiger partial charge is 0.454 e. The third-order valence-corrected chi connectivity index (χ3v) is 4.45. The topological polar surface area (TPSA) is 77.8 Å². The minimum Gasteiger partial charge on any atom is -0.481 e. The molecule has 1 aromatic heterocycles. The number of aromatic nitrogens is 1. The van der Waals surface area contributed by atoms with Crippen LogP contribution in [0.1, 0.15) is 39.8 Å². The number of ketones is 1. The van der Waals surface area contributed by atoms with Crippen LogP contribution in [0.2, 0.25) is 0 Å². The quantitative estimate of drug-likeness (QED) is 0.798. The van der Waals surface area contributed by atoms with E-state index >= 15 is 0 Å². The molecule has 0 fully saturated rings. The average Bonchev–Trinajstić information content (AvgIpc) is 3.15. The maximum atomic E-state index is 12.9. The van der Waals surface area contributed by atoms with Crippen LogP contribution in [-0.2, 0) is 4.79 Å². The lowest BCUT2D eigenvalue weighted by atomic mass is 10.0. The summed E-state index contributed by atoms with van der Waals surface area (Å²) in [6.45, 7) is 2.93. The molecule has 0 spiro atoms. The van der Waals surface area contributed by atoms with Crippen LogP contribution < -0.4 is 9.47 Å². The predicted octanol–water partition coefficient (Wildman–Crippen LogP) is 3.64. The van der Waals surface area contributed by atoms with E-state index in [0.29, 0.717) is 22.8 Å². The zero-order valence-electron chi connectivity index (χ0n) is 14.5. The van der Waals surface area contributed by atoms with Crippen LogP contribution in [-0.4, -0.2) is 34.4 Å². The first kappa shape index (κ1) is 18.8. The second kappa shape index (κ2) is 6.64. The number of carboxylic acid groups (broad SMARTS) is 1. The Morgan fingerprint density at radius 3 is 2.48 bits per heavy atom. The zero-order chi connectivity index (χ0) is 19.9. The van der Waals surface area contributed by atoms with Crippen molar-refractivity contribution in [1.29, 1.82) is 0 Å². The third kappa shape index (κ3) is 3.49. The number of alkyl halides is 3. The van der Waals surface area contributed by atoms with Gasteiger partial charge in [0, 0.05) is 17.0 Å². The predicted molar refractivity (Wildman–Crippen MR) is 87.2 cm³/mol. The summed E-state index contributed by atoms with van der Waals surface area (Å²) in [7, 11) is 0.